The highest BCUT2D eigenvalue weighted by Crippen LogP contribution is 2.27. The Bertz CT molecular complexity index is 484. The van der Waals surface area contributed by atoms with Gasteiger partial charge in [-0.25, -0.2) is 0 Å². The molecule has 1 heterocycles. The first-order valence-electron chi connectivity index (χ1n) is 4.04. The number of halogens is 3. The van der Waals surface area contributed by atoms with E-state index >= 15 is 0 Å². The molecule has 3 nitrogen and oxygen atoms in total. The summed E-state index contributed by atoms with van der Waals surface area (Å²) in [6.45, 7) is 0. The number of hydrogen-bond donors (Lipinski definition) is 0. The van der Waals surface area contributed by atoms with E-state index in [1.54, 1.807) is 18.2 Å². The topological polar surface area (TPSA) is 38.9 Å². The van der Waals surface area contributed by atoms with Crippen LogP contribution in [-0.2, 0) is 5.88 Å². The minimum atomic E-state index is 0.189. The molecule has 0 aliphatic rings. The molecule has 0 N–H and O–H groups in total. The van der Waals surface area contributed by atoms with Crippen molar-refractivity contribution in [3.63, 3.8) is 0 Å². The molecule has 1 aromatic heterocycles. The highest BCUT2D eigenvalue weighted by Gasteiger charge is 2.09. The van der Waals surface area contributed by atoms with Crippen LogP contribution in [0.3, 0.4) is 0 Å². The van der Waals surface area contributed by atoms with Crippen molar-refractivity contribution in [3.8, 4) is 11.4 Å². The van der Waals surface area contributed by atoms with Gasteiger partial charge in [-0.15, -0.1) is 11.6 Å². The number of hydrogen-bond acceptors (Lipinski definition) is 3. The van der Waals surface area contributed by atoms with Gasteiger partial charge in [-0.2, -0.15) is 4.98 Å². The maximum absolute atomic E-state index is 5.86. The minimum Gasteiger partial charge on any atom is -0.338 e. The van der Waals surface area contributed by atoms with E-state index in [1.807, 2.05) is 0 Å². The summed E-state index contributed by atoms with van der Waals surface area (Å²) < 4.78 is 4.87. The Balaban J connectivity index is 2.40. The number of aromatic nitrogens is 2. The fraction of sp³-hybridized carbons (Fsp3) is 0.111. The van der Waals surface area contributed by atoms with E-state index in [0.29, 0.717) is 21.8 Å². The van der Waals surface area contributed by atoms with E-state index in [0.717, 1.165) is 5.56 Å². The van der Waals surface area contributed by atoms with E-state index in [1.165, 1.54) is 0 Å². The van der Waals surface area contributed by atoms with E-state index in [-0.39, 0.29) is 5.88 Å². The van der Waals surface area contributed by atoms with Crippen LogP contribution in [0.2, 0.25) is 10.0 Å². The summed E-state index contributed by atoms with van der Waals surface area (Å²) >= 11 is 17.2. The van der Waals surface area contributed by atoms with Gasteiger partial charge in [-0.05, 0) is 18.2 Å². The molecule has 0 fully saturated rings. The highest BCUT2D eigenvalue weighted by molar-refractivity contribution is 6.42. The molecular weight excluding hydrogens is 258 g/mol. The molecule has 2 aromatic rings. The van der Waals surface area contributed by atoms with Gasteiger partial charge in [-0.1, -0.05) is 28.4 Å². The highest BCUT2D eigenvalue weighted by atomic mass is 35.5. The smallest absolute Gasteiger partial charge is 0.241 e. The molecule has 1 aromatic carbocycles. The van der Waals surface area contributed by atoms with E-state index in [9.17, 15) is 0 Å². The van der Waals surface area contributed by atoms with Crippen molar-refractivity contribution in [1.82, 2.24) is 10.1 Å². The third kappa shape index (κ3) is 2.25. The van der Waals surface area contributed by atoms with Crippen molar-refractivity contribution in [2.45, 2.75) is 5.88 Å². The number of alkyl halides is 1. The van der Waals surface area contributed by atoms with Crippen LogP contribution in [0.25, 0.3) is 11.4 Å². The molecule has 15 heavy (non-hydrogen) atoms. The Morgan fingerprint density at radius 1 is 1.20 bits per heavy atom. The Morgan fingerprint density at radius 2 is 2.00 bits per heavy atom. The molecule has 0 atom stereocenters. The SMILES string of the molecule is ClCc1nc(-c2ccc(Cl)c(Cl)c2)no1. The van der Waals surface area contributed by atoms with Gasteiger partial charge in [0.25, 0.3) is 0 Å². The Kier molecular flexibility index (Phi) is 3.14. The second-order valence-electron chi connectivity index (χ2n) is 2.77. The molecule has 0 spiro atoms. The van der Waals surface area contributed by atoms with Crippen LogP contribution in [0, 0.1) is 0 Å². The van der Waals surface area contributed by atoms with Gasteiger partial charge in [-0.3, -0.25) is 0 Å². The van der Waals surface area contributed by atoms with Gasteiger partial charge in [0.05, 0.1) is 10.0 Å². The van der Waals surface area contributed by atoms with Crippen LogP contribution in [0.15, 0.2) is 22.7 Å². The number of nitrogens with zero attached hydrogens (tertiary/aromatic N) is 2. The molecule has 0 unspecified atom stereocenters. The molecule has 78 valence electrons. The Labute approximate surface area is 101 Å². The second kappa shape index (κ2) is 4.39. The first kappa shape index (κ1) is 10.7. The molecule has 0 amide bonds. The summed E-state index contributed by atoms with van der Waals surface area (Å²) in [5, 5.41) is 4.69. The van der Waals surface area contributed by atoms with Crippen molar-refractivity contribution >= 4 is 34.8 Å². The molecule has 0 aliphatic carbocycles. The second-order valence-corrected chi connectivity index (χ2v) is 3.86. The van der Waals surface area contributed by atoms with Crippen molar-refractivity contribution in [3.05, 3.63) is 34.1 Å². The molecule has 0 bridgehead atoms. The molecule has 0 saturated carbocycles. The summed E-state index contributed by atoms with van der Waals surface area (Å²) in [7, 11) is 0. The summed E-state index contributed by atoms with van der Waals surface area (Å²) in [6, 6.07) is 5.11. The number of rotatable bonds is 2. The van der Waals surface area contributed by atoms with Crippen molar-refractivity contribution in [2.75, 3.05) is 0 Å². The maximum Gasteiger partial charge on any atom is 0.241 e. The van der Waals surface area contributed by atoms with Crippen LogP contribution in [0.5, 0.6) is 0 Å². The van der Waals surface area contributed by atoms with Crippen LogP contribution < -0.4 is 0 Å². The molecule has 0 saturated heterocycles. The first-order chi connectivity index (χ1) is 7.20. The van der Waals surface area contributed by atoms with Crippen LogP contribution in [0.4, 0.5) is 0 Å². The van der Waals surface area contributed by atoms with Gasteiger partial charge in [0, 0.05) is 5.56 Å². The third-order valence-corrected chi connectivity index (χ3v) is 2.73. The van der Waals surface area contributed by atoms with Gasteiger partial charge in [0.15, 0.2) is 0 Å². The van der Waals surface area contributed by atoms with Gasteiger partial charge in [0.2, 0.25) is 11.7 Å². The first-order valence-corrected chi connectivity index (χ1v) is 5.33. The lowest BCUT2D eigenvalue weighted by atomic mass is 10.2. The zero-order valence-corrected chi connectivity index (χ0v) is 9.64. The Morgan fingerprint density at radius 3 is 2.60 bits per heavy atom. The van der Waals surface area contributed by atoms with E-state index < -0.39 is 0 Å². The fourth-order valence-corrected chi connectivity index (χ4v) is 1.47. The van der Waals surface area contributed by atoms with Gasteiger partial charge >= 0.3 is 0 Å². The van der Waals surface area contributed by atoms with Crippen LogP contribution >= 0.6 is 34.8 Å². The lowest BCUT2D eigenvalue weighted by Gasteiger charge is -1.97. The van der Waals surface area contributed by atoms with Gasteiger partial charge in [0.1, 0.15) is 5.88 Å². The van der Waals surface area contributed by atoms with E-state index in [4.69, 9.17) is 39.3 Å². The van der Waals surface area contributed by atoms with Crippen LogP contribution in [0.1, 0.15) is 5.89 Å². The fourth-order valence-electron chi connectivity index (χ4n) is 1.06. The standard InChI is InChI=1S/C9H5Cl3N2O/c10-4-8-13-9(14-15-8)5-1-2-6(11)7(12)3-5/h1-3H,4H2. The Hall–Kier alpha value is -0.770. The van der Waals surface area contributed by atoms with Crippen molar-refractivity contribution in [2.24, 2.45) is 0 Å². The van der Waals surface area contributed by atoms with Crippen LogP contribution in [-0.4, -0.2) is 10.1 Å². The quantitative estimate of drug-likeness (QED) is 0.774. The summed E-state index contributed by atoms with van der Waals surface area (Å²) in [5.74, 6) is 1.01. The summed E-state index contributed by atoms with van der Waals surface area (Å²) in [4.78, 5) is 4.06. The minimum absolute atomic E-state index is 0.189. The maximum atomic E-state index is 5.86. The van der Waals surface area contributed by atoms with Crippen molar-refractivity contribution in [1.29, 1.82) is 0 Å². The average molecular weight is 264 g/mol. The lowest BCUT2D eigenvalue weighted by molar-refractivity contribution is 0.391. The zero-order chi connectivity index (χ0) is 10.8. The average Bonchev–Trinajstić information content (AvgIpc) is 2.70. The summed E-state index contributed by atoms with van der Waals surface area (Å²) in [5.41, 5.74) is 0.740. The van der Waals surface area contributed by atoms with Crippen molar-refractivity contribution < 1.29 is 4.52 Å². The van der Waals surface area contributed by atoms with Gasteiger partial charge < -0.3 is 4.52 Å². The largest absolute Gasteiger partial charge is 0.338 e. The normalized spacial score (nSPS) is 10.6. The molecule has 0 aliphatic heterocycles. The predicted molar refractivity (Wildman–Crippen MR) is 59.3 cm³/mol. The van der Waals surface area contributed by atoms with E-state index in [2.05, 4.69) is 10.1 Å². The molecular formula is C9H5Cl3N2O. The number of benzene rings is 1. The predicted octanol–water partition coefficient (Wildman–Crippen LogP) is 3.78. The molecule has 0 radical (unpaired) electrons. The zero-order valence-electron chi connectivity index (χ0n) is 7.38. The monoisotopic (exact) mass is 262 g/mol. The summed E-state index contributed by atoms with van der Waals surface area (Å²) in [6.07, 6.45) is 0. The molecule has 6 heteroatoms. The lowest BCUT2D eigenvalue weighted by Crippen LogP contribution is -1.82. The third-order valence-electron chi connectivity index (χ3n) is 1.76. The molecule has 2 rings (SSSR count).